The van der Waals surface area contributed by atoms with Crippen molar-refractivity contribution in [3.63, 3.8) is 0 Å². The van der Waals surface area contributed by atoms with Crippen LogP contribution in [-0.2, 0) is 0 Å². The summed E-state index contributed by atoms with van der Waals surface area (Å²) in [6.45, 7) is 5.99. The summed E-state index contributed by atoms with van der Waals surface area (Å²) >= 11 is 0. The van der Waals surface area contributed by atoms with Crippen LogP contribution in [0.2, 0.25) is 0 Å². The minimum Gasteiger partial charge on any atom is -0.171 e. The van der Waals surface area contributed by atoms with Crippen LogP contribution in [-0.4, -0.2) is 23.7 Å². The van der Waals surface area contributed by atoms with Crippen LogP contribution in [0, 0.1) is 17.3 Å². The van der Waals surface area contributed by atoms with Gasteiger partial charge in [0, 0.05) is 12.8 Å². The van der Waals surface area contributed by atoms with Gasteiger partial charge in [-0.3, -0.25) is 0 Å². The Kier molecular flexibility index (Phi) is 7.49. The highest BCUT2D eigenvalue weighted by molar-refractivity contribution is 7.40. The fourth-order valence-electron chi connectivity index (χ4n) is 4.60. The highest BCUT2D eigenvalue weighted by Gasteiger charge is 2.58. The van der Waals surface area contributed by atoms with Crippen LogP contribution in [0.5, 0.6) is 0 Å². The van der Waals surface area contributed by atoms with Crippen LogP contribution in [0.15, 0.2) is 24.8 Å². The van der Waals surface area contributed by atoms with E-state index in [-0.39, 0.29) is 23.4 Å². The molecule has 2 aliphatic carbocycles. The average Bonchev–Trinajstić information content (AvgIpc) is 3.15. The van der Waals surface area contributed by atoms with Crippen LogP contribution < -0.4 is 0 Å². The van der Waals surface area contributed by atoms with E-state index in [9.17, 15) is 26.3 Å². The number of halogens is 6. The summed E-state index contributed by atoms with van der Waals surface area (Å²) in [6, 6.07) is 0. The van der Waals surface area contributed by atoms with Gasteiger partial charge in [0.1, 0.15) is 0 Å². The first kappa shape index (κ1) is 22.8. The van der Waals surface area contributed by atoms with Crippen molar-refractivity contribution < 1.29 is 26.3 Å². The first-order valence-corrected chi connectivity index (χ1v) is 10.8. The second-order valence-electron chi connectivity index (χ2n) is 8.23. The van der Waals surface area contributed by atoms with Crippen molar-refractivity contribution in [1.29, 1.82) is 0 Å². The van der Waals surface area contributed by atoms with Gasteiger partial charge >= 0.3 is 12.4 Å². The maximum atomic E-state index is 12.8. The highest BCUT2D eigenvalue weighted by atomic mass is 31.1. The summed E-state index contributed by atoms with van der Waals surface area (Å²) in [6.07, 6.45) is -0.727. The molecule has 0 aromatic rings. The monoisotopic (exact) mass is 414 g/mol. The molecule has 0 radical (unpaired) electrons. The van der Waals surface area contributed by atoms with Gasteiger partial charge in [-0.05, 0) is 67.1 Å². The zero-order chi connectivity index (χ0) is 20.3. The Morgan fingerprint density at radius 1 is 1.07 bits per heavy atom. The summed E-state index contributed by atoms with van der Waals surface area (Å²) in [5.41, 5.74) is 0.665. The summed E-state index contributed by atoms with van der Waals surface area (Å²) in [4.78, 5) is 0. The first-order valence-electron chi connectivity index (χ1n) is 9.62. The molecule has 1 spiro atoms. The highest BCUT2D eigenvalue weighted by Crippen LogP contribution is 2.67. The molecule has 2 aliphatic rings. The molecule has 5 unspecified atom stereocenters. The van der Waals surface area contributed by atoms with Gasteiger partial charge in [-0.25, -0.2) is 0 Å². The molecule has 0 heterocycles. The summed E-state index contributed by atoms with van der Waals surface area (Å²) in [5.74, 6) is 0.208. The standard InChI is InChI=1S/C20H29F6P/c1-3-16(7-5-4-6-10-19(21,22)23)27-17-9-8-15(13-20(24,25)26)12-18(17)11-14(18)2/h3-5,14-17,27H,1,6-13H2,2H3/b5-4-/t14?,15-,16?,17?,18?/m1/s1. The van der Waals surface area contributed by atoms with Crippen LogP contribution >= 0.6 is 8.58 Å². The second-order valence-corrected chi connectivity index (χ2v) is 10.00. The van der Waals surface area contributed by atoms with E-state index in [0.29, 0.717) is 39.4 Å². The third-order valence-corrected chi connectivity index (χ3v) is 8.27. The topological polar surface area (TPSA) is 0 Å². The third kappa shape index (κ3) is 7.11. The van der Waals surface area contributed by atoms with Gasteiger partial charge in [0.25, 0.3) is 0 Å². The molecule has 0 N–H and O–H groups in total. The Balaban J connectivity index is 1.86. The minimum absolute atomic E-state index is 0.0139. The fourth-order valence-corrected chi connectivity index (χ4v) is 6.71. The largest absolute Gasteiger partial charge is 0.389 e. The molecule has 0 saturated heterocycles. The molecule has 6 atom stereocenters. The van der Waals surface area contributed by atoms with Crippen LogP contribution in [0.4, 0.5) is 26.3 Å². The van der Waals surface area contributed by atoms with Crippen molar-refractivity contribution in [3.05, 3.63) is 24.8 Å². The Morgan fingerprint density at radius 2 is 1.74 bits per heavy atom. The maximum Gasteiger partial charge on any atom is 0.389 e. The van der Waals surface area contributed by atoms with E-state index in [4.69, 9.17) is 0 Å². The van der Waals surface area contributed by atoms with Gasteiger partial charge in [0.2, 0.25) is 0 Å². The van der Waals surface area contributed by atoms with Crippen molar-refractivity contribution in [2.24, 2.45) is 17.3 Å². The number of hydrogen-bond acceptors (Lipinski definition) is 0. The number of allylic oxidation sites excluding steroid dienone is 3. The first-order chi connectivity index (χ1) is 12.5. The maximum absolute atomic E-state index is 12.8. The number of rotatable bonds is 8. The zero-order valence-corrected chi connectivity index (χ0v) is 16.7. The molecule has 27 heavy (non-hydrogen) atoms. The number of hydrogen-bond donors (Lipinski definition) is 0. The third-order valence-electron chi connectivity index (χ3n) is 6.10. The molecule has 0 aliphatic heterocycles. The van der Waals surface area contributed by atoms with Crippen molar-refractivity contribution >= 4 is 8.58 Å². The average molecular weight is 414 g/mol. The smallest absolute Gasteiger partial charge is 0.171 e. The van der Waals surface area contributed by atoms with Crippen molar-refractivity contribution in [2.45, 2.75) is 82.0 Å². The van der Waals surface area contributed by atoms with Crippen molar-refractivity contribution in [3.8, 4) is 0 Å². The van der Waals surface area contributed by atoms with E-state index in [1.807, 2.05) is 6.08 Å². The van der Waals surface area contributed by atoms with E-state index in [1.54, 1.807) is 12.2 Å². The zero-order valence-electron chi connectivity index (χ0n) is 15.7. The molecule has 2 saturated carbocycles. The summed E-state index contributed by atoms with van der Waals surface area (Å²) in [5, 5.41) is 0. The van der Waals surface area contributed by atoms with E-state index in [1.165, 1.54) is 0 Å². The van der Waals surface area contributed by atoms with Crippen molar-refractivity contribution in [2.75, 3.05) is 0 Å². The van der Waals surface area contributed by atoms with Crippen LogP contribution in [0.1, 0.15) is 58.3 Å². The predicted molar refractivity (Wildman–Crippen MR) is 99.4 cm³/mol. The molecule has 0 aromatic carbocycles. The van der Waals surface area contributed by atoms with E-state index >= 15 is 0 Å². The van der Waals surface area contributed by atoms with Crippen LogP contribution in [0.3, 0.4) is 0 Å². The van der Waals surface area contributed by atoms with Gasteiger partial charge in [-0.15, -0.1) is 15.2 Å². The number of alkyl halides is 6. The quantitative estimate of drug-likeness (QED) is 0.217. The molecule has 2 fully saturated rings. The van der Waals surface area contributed by atoms with Gasteiger partial charge < -0.3 is 0 Å². The molecule has 0 bridgehead atoms. The second kappa shape index (κ2) is 8.88. The van der Waals surface area contributed by atoms with Crippen LogP contribution in [0.25, 0.3) is 0 Å². The normalized spacial score (nSPS) is 33.2. The molecule has 0 amide bonds. The minimum atomic E-state index is -4.13. The Morgan fingerprint density at radius 3 is 2.26 bits per heavy atom. The lowest BCUT2D eigenvalue weighted by molar-refractivity contribution is -0.148. The fraction of sp³-hybridized carbons (Fsp3) is 0.800. The van der Waals surface area contributed by atoms with Gasteiger partial charge in [-0.2, -0.15) is 26.3 Å². The van der Waals surface area contributed by atoms with E-state index < -0.39 is 25.2 Å². The molecular formula is C20H29F6P. The summed E-state index contributed by atoms with van der Waals surface area (Å²) < 4.78 is 74.8. The Bertz CT molecular complexity index is 524. The Hall–Kier alpha value is -0.510. The summed E-state index contributed by atoms with van der Waals surface area (Å²) in [7, 11) is 0.578. The van der Waals surface area contributed by atoms with Crippen molar-refractivity contribution in [1.82, 2.24) is 0 Å². The molecule has 2 rings (SSSR count). The van der Waals surface area contributed by atoms with Gasteiger partial charge in [0.05, 0.1) is 0 Å². The predicted octanol–water partition coefficient (Wildman–Crippen LogP) is 7.66. The van der Waals surface area contributed by atoms with Gasteiger partial charge in [0.15, 0.2) is 0 Å². The molecule has 0 aromatic heterocycles. The lowest BCUT2D eigenvalue weighted by Crippen LogP contribution is -2.32. The van der Waals surface area contributed by atoms with E-state index in [2.05, 4.69) is 13.5 Å². The van der Waals surface area contributed by atoms with E-state index in [0.717, 1.165) is 12.8 Å². The molecular weight excluding hydrogens is 385 g/mol. The lowest BCUT2D eigenvalue weighted by Gasteiger charge is -2.39. The lowest BCUT2D eigenvalue weighted by atomic mass is 9.76. The molecule has 156 valence electrons. The molecule has 0 nitrogen and oxygen atoms in total. The SMILES string of the molecule is C=CC(C/C=C\CCC(F)(F)F)PC1CC[C@@H](CC(F)(F)F)CC12CC2C. The molecule has 7 heteroatoms. The Labute approximate surface area is 159 Å². The van der Waals surface area contributed by atoms with Gasteiger partial charge in [-0.1, -0.05) is 25.2 Å².